The van der Waals surface area contributed by atoms with E-state index in [-0.39, 0.29) is 28.8 Å². The maximum absolute atomic E-state index is 12.2. The quantitative estimate of drug-likeness (QED) is 0.184. The maximum Gasteiger partial charge on any atom is 0.312 e. The number of hydrogen-bond donors (Lipinski definition) is 0. The number of carbonyl (C=O) groups excluding carboxylic acids is 1. The molecular formula is C20H13BrClNO5. The Hall–Kier alpha value is -2.90. The van der Waals surface area contributed by atoms with Gasteiger partial charge < -0.3 is 9.15 Å². The number of nitrogens with zero attached hydrogens (tertiary/aromatic N) is 1. The molecule has 0 atom stereocenters. The molecule has 1 aromatic heterocycles. The minimum absolute atomic E-state index is 0.00408. The van der Waals surface area contributed by atoms with Gasteiger partial charge in [-0.2, -0.15) is 0 Å². The summed E-state index contributed by atoms with van der Waals surface area (Å²) in [7, 11) is 0. The molecule has 0 spiro atoms. The molecule has 3 rings (SSSR count). The van der Waals surface area contributed by atoms with E-state index in [4.69, 9.17) is 20.8 Å². The molecule has 0 fully saturated rings. The number of halogens is 2. The number of allylic oxidation sites excluding steroid dienone is 1. The molecule has 1 heterocycles. The van der Waals surface area contributed by atoms with Crippen molar-refractivity contribution in [2.75, 3.05) is 0 Å². The number of hydrogen-bond acceptors (Lipinski definition) is 5. The number of ether oxygens (including phenoxy) is 1. The van der Waals surface area contributed by atoms with Crippen molar-refractivity contribution in [3.05, 3.63) is 97.4 Å². The van der Waals surface area contributed by atoms with Crippen molar-refractivity contribution in [1.29, 1.82) is 0 Å². The van der Waals surface area contributed by atoms with E-state index in [1.807, 2.05) is 6.07 Å². The Kier molecular flexibility index (Phi) is 6.28. The van der Waals surface area contributed by atoms with Crippen molar-refractivity contribution in [2.24, 2.45) is 0 Å². The topological polar surface area (TPSA) is 82.6 Å². The van der Waals surface area contributed by atoms with E-state index in [9.17, 15) is 14.9 Å². The van der Waals surface area contributed by atoms with Crippen LogP contribution in [0.1, 0.15) is 21.9 Å². The Balaban J connectivity index is 1.65. The number of nitro groups is 1. The highest BCUT2D eigenvalue weighted by Gasteiger charge is 2.16. The van der Waals surface area contributed by atoms with Crippen LogP contribution in [0.15, 0.2) is 69.6 Å². The van der Waals surface area contributed by atoms with E-state index in [0.717, 1.165) is 4.47 Å². The molecule has 0 N–H and O–H groups in total. The summed E-state index contributed by atoms with van der Waals surface area (Å²) in [5, 5.41) is 11.3. The van der Waals surface area contributed by atoms with Crippen LogP contribution in [0.2, 0.25) is 5.02 Å². The van der Waals surface area contributed by atoms with Gasteiger partial charge in [0.1, 0.15) is 18.1 Å². The van der Waals surface area contributed by atoms with Gasteiger partial charge in [-0.15, -0.1) is 0 Å². The second kappa shape index (κ2) is 8.86. The first-order valence-electron chi connectivity index (χ1n) is 8.06. The van der Waals surface area contributed by atoms with Gasteiger partial charge in [0.05, 0.1) is 4.92 Å². The highest BCUT2D eigenvalue weighted by molar-refractivity contribution is 9.10. The number of rotatable bonds is 7. The van der Waals surface area contributed by atoms with Gasteiger partial charge in [0, 0.05) is 21.1 Å². The second-order valence-corrected chi connectivity index (χ2v) is 7.02. The summed E-state index contributed by atoms with van der Waals surface area (Å²) >= 11 is 9.10. The van der Waals surface area contributed by atoms with Crippen molar-refractivity contribution in [2.45, 2.75) is 6.61 Å². The minimum atomic E-state index is -0.564. The second-order valence-electron chi connectivity index (χ2n) is 5.67. The molecular weight excluding hydrogens is 450 g/mol. The Labute approximate surface area is 173 Å². The lowest BCUT2D eigenvalue weighted by molar-refractivity contribution is -0.385. The van der Waals surface area contributed by atoms with Gasteiger partial charge in [0.2, 0.25) is 0 Å². The van der Waals surface area contributed by atoms with Gasteiger partial charge in [-0.3, -0.25) is 14.9 Å². The molecule has 0 amide bonds. The molecule has 8 heteroatoms. The molecule has 0 saturated carbocycles. The molecule has 3 aromatic rings. The Morgan fingerprint density at radius 1 is 1.21 bits per heavy atom. The predicted molar refractivity (Wildman–Crippen MR) is 109 cm³/mol. The monoisotopic (exact) mass is 461 g/mol. The lowest BCUT2D eigenvalue weighted by atomic mass is 10.1. The first-order valence-corrected chi connectivity index (χ1v) is 9.23. The van der Waals surface area contributed by atoms with E-state index < -0.39 is 4.92 Å². The van der Waals surface area contributed by atoms with E-state index >= 15 is 0 Å². The first kappa shape index (κ1) is 19.9. The molecule has 0 saturated heterocycles. The summed E-state index contributed by atoms with van der Waals surface area (Å²) in [6.07, 6.45) is 2.97. The molecule has 0 aliphatic carbocycles. The highest BCUT2D eigenvalue weighted by Crippen LogP contribution is 2.30. The molecule has 0 aliphatic rings. The van der Waals surface area contributed by atoms with Crippen LogP contribution >= 0.6 is 27.5 Å². The summed E-state index contributed by atoms with van der Waals surface area (Å²) in [5.41, 5.74) is 0.328. The third kappa shape index (κ3) is 5.09. The third-order valence-electron chi connectivity index (χ3n) is 3.68. The first-order chi connectivity index (χ1) is 13.4. The maximum atomic E-state index is 12.2. The van der Waals surface area contributed by atoms with Crippen LogP contribution in [-0.2, 0) is 6.61 Å². The van der Waals surface area contributed by atoms with Crippen LogP contribution in [0.25, 0.3) is 6.08 Å². The smallest absolute Gasteiger partial charge is 0.312 e. The molecule has 0 unspecified atom stereocenters. The summed E-state index contributed by atoms with van der Waals surface area (Å²) in [4.78, 5) is 22.7. The van der Waals surface area contributed by atoms with E-state index in [2.05, 4.69) is 15.9 Å². The van der Waals surface area contributed by atoms with Crippen LogP contribution in [0.5, 0.6) is 5.75 Å². The molecule has 0 bridgehead atoms. The van der Waals surface area contributed by atoms with Crippen LogP contribution in [0.4, 0.5) is 5.69 Å². The zero-order valence-corrected chi connectivity index (χ0v) is 16.6. The Bertz CT molecular complexity index is 1060. The van der Waals surface area contributed by atoms with Crippen molar-refractivity contribution >= 4 is 45.1 Å². The van der Waals surface area contributed by atoms with Crippen molar-refractivity contribution in [3.8, 4) is 5.75 Å². The third-order valence-corrected chi connectivity index (χ3v) is 4.41. The van der Waals surface area contributed by atoms with Crippen LogP contribution < -0.4 is 4.74 Å². The molecule has 0 aliphatic heterocycles. The summed E-state index contributed by atoms with van der Waals surface area (Å²) in [6, 6.07) is 14.6. The minimum Gasteiger partial charge on any atom is -0.479 e. The molecule has 6 nitrogen and oxygen atoms in total. The van der Waals surface area contributed by atoms with E-state index in [1.54, 1.807) is 36.4 Å². The largest absolute Gasteiger partial charge is 0.479 e. The SMILES string of the molecule is O=C(/C=C/c1ccc(COc2ccc(Cl)cc2[N+](=O)[O-])o1)c1cccc(Br)c1. The molecule has 2 aromatic carbocycles. The fraction of sp³-hybridized carbons (Fsp3) is 0.0500. The van der Waals surface area contributed by atoms with Gasteiger partial charge in [0.25, 0.3) is 0 Å². The van der Waals surface area contributed by atoms with Crippen molar-refractivity contribution in [3.63, 3.8) is 0 Å². The summed E-state index contributed by atoms with van der Waals surface area (Å²) in [5.74, 6) is 0.853. The molecule has 0 radical (unpaired) electrons. The van der Waals surface area contributed by atoms with Crippen LogP contribution in [0.3, 0.4) is 0 Å². The number of nitro benzene ring substituents is 1. The Morgan fingerprint density at radius 2 is 2.04 bits per heavy atom. The normalized spacial score (nSPS) is 10.9. The van der Waals surface area contributed by atoms with Crippen LogP contribution in [0, 0.1) is 10.1 Å². The number of benzene rings is 2. The lowest BCUT2D eigenvalue weighted by Crippen LogP contribution is -1.98. The van der Waals surface area contributed by atoms with Crippen molar-refractivity contribution < 1.29 is 18.9 Å². The zero-order chi connectivity index (χ0) is 20.1. The fourth-order valence-corrected chi connectivity index (χ4v) is 2.93. The lowest BCUT2D eigenvalue weighted by Gasteiger charge is -2.05. The predicted octanol–water partition coefficient (Wildman–Crippen LogP) is 6.08. The van der Waals surface area contributed by atoms with E-state index in [1.165, 1.54) is 24.3 Å². The Morgan fingerprint density at radius 3 is 2.79 bits per heavy atom. The van der Waals surface area contributed by atoms with Crippen LogP contribution in [-0.4, -0.2) is 10.7 Å². The number of ketones is 1. The zero-order valence-electron chi connectivity index (χ0n) is 14.3. The highest BCUT2D eigenvalue weighted by atomic mass is 79.9. The van der Waals surface area contributed by atoms with Gasteiger partial charge >= 0.3 is 5.69 Å². The van der Waals surface area contributed by atoms with E-state index in [0.29, 0.717) is 17.1 Å². The summed E-state index contributed by atoms with van der Waals surface area (Å²) in [6.45, 7) is -0.00408. The van der Waals surface area contributed by atoms with Gasteiger partial charge in [-0.1, -0.05) is 39.7 Å². The van der Waals surface area contributed by atoms with Gasteiger partial charge in [-0.25, -0.2) is 0 Å². The average molecular weight is 463 g/mol. The van der Waals surface area contributed by atoms with Gasteiger partial charge in [0.15, 0.2) is 11.5 Å². The molecule has 28 heavy (non-hydrogen) atoms. The number of furan rings is 1. The summed E-state index contributed by atoms with van der Waals surface area (Å²) < 4.78 is 11.9. The van der Waals surface area contributed by atoms with Crippen molar-refractivity contribution in [1.82, 2.24) is 0 Å². The fourth-order valence-electron chi connectivity index (χ4n) is 2.36. The molecule has 142 valence electrons. The standard InChI is InChI=1S/C20H13BrClNO5/c21-14-3-1-2-13(10-14)19(24)8-7-16-5-6-17(28-16)12-27-20-9-4-15(22)11-18(20)23(25)26/h1-11H,12H2/b8-7+. The number of carbonyl (C=O) groups is 1. The van der Waals surface area contributed by atoms with Gasteiger partial charge in [-0.05, 0) is 48.6 Å². The average Bonchev–Trinajstić information content (AvgIpc) is 3.13.